The SMILES string of the molecule is CCC(C)C(=O)N1CCCC(C(=O)N(C)Cc2ccc(C)s2)C1. The molecule has 2 heterocycles. The molecule has 128 valence electrons. The smallest absolute Gasteiger partial charge is 0.227 e. The van der Waals surface area contributed by atoms with E-state index in [1.807, 2.05) is 30.7 Å². The third-order valence-corrected chi connectivity index (χ3v) is 5.67. The van der Waals surface area contributed by atoms with Crippen molar-refractivity contribution in [3.63, 3.8) is 0 Å². The molecule has 1 fully saturated rings. The van der Waals surface area contributed by atoms with Crippen LogP contribution in [0, 0.1) is 18.8 Å². The zero-order chi connectivity index (χ0) is 17.0. The van der Waals surface area contributed by atoms with Crippen LogP contribution in [0.25, 0.3) is 0 Å². The Morgan fingerprint density at radius 2 is 2.17 bits per heavy atom. The quantitative estimate of drug-likeness (QED) is 0.828. The van der Waals surface area contributed by atoms with Crippen LogP contribution in [0.15, 0.2) is 12.1 Å². The second kappa shape index (κ2) is 7.95. The summed E-state index contributed by atoms with van der Waals surface area (Å²) in [6.45, 7) is 8.12. The van der Waals surface area contributed by atoms with Crippen LogP contribution in [-0.4, -0.2) is 41.8 Å². The highest BCUT2D eigenvalue weighted by Crippen LogP contribution is 2.23. The lowest BCUT2D eigenvalue weighted by molar-refractivity contribution is -0.142. The van der Waals surface area contributed by atoms with Gasteiger partial charge in [0.2, 0.25) is 11.8 Å². The minimum atomic E-state index is -0.0529. The summed E-state index contributed by atoms with van der Waals surface area (Å²) in [5.74, 6) is 0.359. The highest BCUT2D eigenvalue weighted by atomic mass is 32.1. The van der Waals surface area contributed by atoms with Crippen LogP contribution < -0.4 is 0 Å². The second-order valence-electron chi connectivity index (χ2n) is 6.64. The maximum Gasteiger partial charge on any atom is 0.227 e. The molecule has 2 amide bonds. The standard InChI is InChI=1S/C18H28N2O2S/c1-5-13(2)17(21)20-10-6-7-15(11-20)18(22)19(4)12-16-9-8-14(3)23-16/h8-9,13,15H,5-7,10-12H2,1-4H3. The van der Waals surface area contributed by atoms with E-state index < -0.39 is 0 Å². The van der Waals surface area contributed by atoms with Gasteiger partial charge in [-0.3, -0.25) is 9.59 Å². The van der Waals surface area contributed by atoms with Gasteiger partial charge in [0.25, 0.3) is 0 Å². The van der Waals surface area contributed by atoms with Gasteiger partial charge in [-0.15, -0.1) is 11.3 Å². The van der Waals surface area contributed by atoms with E-state index in [2.05, 4.69) is 19.1 Å². The number of hydrogen-bond acceptors (Lipinski definition) is 3. The summed E-state index contributed by atoms with van der Waals surface area (Å²) < 4.78 is 0. The average molecular weight is 337 g/mol. The number of nitrogens with zero attached hydrogens (tertiary/aromatic N) is 2. The summed E-state index contributed by atoms with van der Waals surface area (Å²) in [7, 11) is 1.87. The summed E-state index contributed by atoms with van der Waals surface area (Å²) in [6.07, 6.45) is 2.66. The molecule has 0 radical (unpaired) electrons. The lowest BCUT2D eigenvalue weighted by Crippen LogP contribution is -2.47. The van der Waals surface area contributed by atoms with Crippen molar-refractivity contribution < 1.29 is 9.59 Å². The number of hydrogen-bond donors (Lipinski definition) is 0. The molecule has 0 bridgehead atoms. The summed E-state index contributed by atoms with van der Waals surface area (Å²) in [5, 5.41) is 0. The Morgan fingerprint density at radius 1 is 1.43 bits per heavy atom. The highest BCUT2D eigenvalue weighted by Gasteiger charge is 2.31. The Labute approximate surface area is 143 Å². The molecule has 5 heteroatoms. The third kappa shape index (κ3) is 4.56. The molecule has 0 saturated carbocycles. The molecule has 1 aliphatic heterocycles. The number of rotatable bonds is 5. The number of aryl methyl sites for hydroxylation is 1. The summed E-state index contributed by atoms with van der Waals surface area (Å²) in [5.41, 5.74) is 0. The van der Waals surface area contributed by atoms with Crippen molar-refractivity contribution in [2.24, 2.45) is 11.8 Å². The Bertz CT molecular complexity index is 555. The van der Waals surface area contributed by atoms with E-state index in [-0.39, 0.29) is 23.7 Å². The first-order valence-electron chi connectivity index (χ1n) is 8.51. The van der Waals surface area contributed by atoms with Crippen molar-refractivity contribution in [2.75, 3.05) is 20.1 Å². The van der Waals surface area contributed by atoms with Crippen molar-refractivity contribution in [1.82, 2.24) is 9.80 Å². The van der Waals surface area contributed by atoms with Gasteiger partial charge in [-0.05, 0) is 38.3 Å². The summed E-state index contributed by atoms with van der Waals surface area (Å²) in [6, 6.07) is 4.18. The molecule has 2 atom stereocenters. The second-order valence-corrected chi connectivity index (χ2v) is 8.01. The van der Waals surface area contributed by atoms with E-state index >= 15 is 0 Å². The number of amides is 2. The molecule has 0 N–H and O–H groups in total. The molecule has 1 aromatic rings. The molecule has 0 spiro atoms. The van der Waals surface area contributed by atoms with Gasteiger partial charge in [0.1, 0.15) is 0 Å². The largest absolute Gasteiger partial charge is 0.342 e. The van der Waals surface area contributed by atoms with Crippen molar-refractivity contribution >= 4 is 23.2 Å². The Hall–Kier alpha value is -1.36. The van der Waals surface area contributed by atoms with Gasteiger partial charge in [0, 0.05) is 35.8 Å². The minimum absolute atomic E-state index is 0.0516. The number of piperidine rings is 1. The maximum absolute atomic E-state index is 12.7. The van der Waals surface area contributed by atoms with Gasteiger partial charge >= 0.3 is 0 Å². The molecule has 0 aromatic carbocycles. The van der Waals surface area contributed by atoms with Gasteiger partial charge in [0.05, 0.1) is 12.5 Å². The molecule has 0 aliphatic carbocycles. The van der Waals surface area contributed by atoms with Crippen LogP contribution in [0.1, 0.15) is 42.9 Å². The Kier molecular flexibility index (Phi) is 6.22. The lowest BCUT2D eigenvalue weighted by Gasteiger charge is -2.35. The highest BCUT2D eigenvalue weighted by molar-refractivity contribution is 7.11. The maximum atomic E-state index is 12.7. The molecule has 2 unspecified atom stereocenters. The van der Waals surface area contributed by atoms with E-state index in [0.717, 1.165) is 25.8 Å². The van der Waals surface area contributed by atoms with Crippen molar-refractivity contribution in [3.8, 4) is 0 Å². The van der Waals surface area contributed by atoms with Crippen molar-refractivity contribution in [1.29, 1.82) is 0 Å². The van der Waals surface area contributed by atoms with Crippen LogP contribution in [0.4, 0.5) is 0 Å². The normalized spacial score (nSPS) is 19.5. The van der Waals surface area contributed by atoms with Gasteiger partial charge < -0.3 is 9.80 Å². The van der Waals surface area contributed by atoms with Crippen molar-refractivity contribution in [2.45, 2.75) is 46.6 Å². The first-order valence-corrected chi connectivity index (χ1v) is 9.33. The molecular weight excluding hydrogens is 308 g/mol. The van der Waals surface area contributed by atoms with Crippen LogP contribution in [-0.2, 0) is 16.1 Å². The number of carbonyl (C=O) groups is 2. The summed E-state index contributed by atoms with van der Waals surface area (Å²) >= 11 is 1.73. The zero-order valence-corrected chi connectivity index (χ0v) is 15.5. The summed E-state index contributed by atoms with van der Waals surface area (Å²) in [4.78, 5) is 31.3. The average Bonchev–Trinajstić information content (AvgIpc) is 2.97. The molecular formula is C18H28N2O2S. The fourth-order valence-corrected chi connectivity index (χ4v) is 4.00. The van der Waals surface area contributed by atoms with E-state index in [1.165, 1.54) is 9.75 Å². The predicted octanol–water partition coefficient (Wildman–Crippen LogP) is 3.30. The van der Waals surface area contributed by atoms with Crippen LogP contribution in [0.3, 0.4) is 0 Å². The molecule has 1 aromatic heterocycles. The van der Waals surface area contributed by atoms with Gasteiger partial charge in [-0.2, -0.15) is 0 Å². The van der Waals surface area contributed by atoms with E-state index in [9.17, 15) is 9.59 Å². The van der Waals surface area contributed by atoms with Crippen LogP contribution >= 0.6 is 11.3 Å². The molecule has 1 aliphatic rings. The number of likely N-dealkylation sites (tertiary alicyclic amines) is 1. The zero-order valence-electron chi connectivity index (χ0n) is 14.7. The van der Waals surface area contributed by atoms with Gasteiger partial charge in [-0.1, -0.05) is 13.8 Å². The lowest BCUT2D eigenvalue weighted by atomic mass is 9.95. The number of carbonyl (C=O) groups excluding carboxylic acids is 2. The fourth-order valence-electron chi connectivity index (χ4n) is 3.06. The van der Waals surface area contributed by atoms with Crippen molar-refractivity contribution in [3.05, 3.63) is 21.9 Å². The molecule has 4 nitrogen and oxygen atoms in total. The van der Waals surface area contributed by atoms with E-state index in [0.29, 0.717) is 13.1 Å². The predicted molar refractivity (Wildman–Crippen MR) is 94.3 cm³/mol. The topological polar surface area (TPSA) is 40.6 Å². The third-order valence-electron chi connectivity index (χ3n) is 4.68. The first kappa shape index (κ1) is 18.0. The Balaban J connectivity index is 1.94. The molecule has 2 rings (SSSR count). The van der Waals surface area contributed by atoms with Gasteiger partial charge in [0.15, 0.2) is 0 Å². The van der Waals surface area contributed by atoms with Crippen LogP contribution in [0.5, 0.6) is 0 Å². The fraction of sp³-hybridized carbons (Fsp3) is 0.667. The van der Waals surface area contributed by atoms with Crippen LogP contribution in [0.2, 0.25) is 0 Å². The van der Waals surface area contributed by atoms with E-state index in [1.54, 1.807) is 11.3 Å². The molecule has 23 heavy (non-hydrogen) atoms. The van der Waals surface area contributed by atoms with E-state index in [4.69, 9.17) is 0 Å². The van der Waals surface area contributed by atoms with Gasteiger partial charge in [-0.25, -0.2) is 0 Å². The molecule has 1 saturated heterocycles. The Morgan fingerprint density at radius 3 is 2.78 bits per heavy atom. The minimum Gasteiger partial charge on any atom is -0.342 e. The first-order chi connectivity index (χ1) is 10.9. The monoisotopic (exact) mass is 336 g/mol. The number of thiophene rings is 1.